The molecule has 0 atom stereocenters. The smallest absolute Gasteiger partial charge is 0.244 e. The lowest BCUT2D eigenvalue weighted by atomic mass is 10.2. The summed E-state index contributed by atoms with van der Waals surface area (Å²) in [5.41, 5.74) is 8.82. The van der Waals surface area contributed by atoms with E-state index in [1.807, 2.05) is 13.0 Å². The predicted molar refractivity (Wildman–Crippen MR) is 70.2 cm³/mol. The van der Waals surface area contributed by atoms with E-state index in [9.17, 15) is 9.59 Å². The lowest BCUT2D eigenvalue weighted by molar-refractivity contribution is -0.132. The molecule has 0 spiro atoms. The summed E-state index contributed by atoms with van der Waals surface area (Å²) in [6, 6.07) is 0. The third-order valence-electron chi connectivity index (χ3n) is 2.09. The summed E-state index contributed by atoms with van der Waals surface area (Å²) in [5.74, 6) is -0.594. The molecular weight excluding hydrogens is 232 g/mol. The number of hydrogen-bond donors (Lipinski definition) is 2. The topological polar surface area (TPSA) is 81.4 Å². The fourth-order valence-corrected chi connectivity index (χ4v) is 0.862. The number of hydrogen-bond acceptors (Lipinski definition) is 3. The number of hydroxylamine groups is 1. The van der Waals surface area contributed by atoms with E-state index >= 15 is 0 Å². The van der Waals surface area contributed by atoms with Crippen LogP contribution in [0.15, 0.2) is 35.5 Å². The zero-order valence-electron chi connectivity index (χ0n) is 11.0. The standard InChI is InChI=1S/C13H20N2O3/c1-4-12(16)15-18-9-8-10(2)6-5-7-11(3)13(14)17/h5-8H,4,9H2,1-3H3,(H2,14,17)(H,15,16)/b6-5-,10-8+,11-7+. The van der Waals surface area contributed by atoms with Crippen molar-refractivity contribution in [3.63, 3.8) is 0 Å². The number of primary amides is 1. The van der Waals surface area contributed by atoms with Crippen LogP contribution in [0.3, 0.4) is 0 Å². The van der Waals surface area contributed by atoms with Crippen molar-refractivity contribution in [2.45, 2.75) is 27.2 Å². The second kappa shape index (κ2) is 9.18. The second-order valence-electron chi connectivity index (χ2n) is 3.71. The highest BCUT2D eigenvalue weighted by atomic mass is 16.6. The van der Waals surface area contributed by atoms with Gasteiger partial charge in [0.15, 0.2) is 0 Å². The van der Waals surface area contributed by atoms with Gasteiger partial charge in [0.25, 0.3) is 0 Å². The Labute approximate surface area is 107 Å². The summed E-state index contributed by atoms with van der Waals surface area (Å²) < 4.78 is 0. The van der Waals surface area contributed by atoms with Crippen molar-refractivity contribution >= 4 is 11.8 Å². The summed E-state index contributed by atoms with van der Waals surface area (Å²) in [6.07, 6.45) is 7.38. The number of rotatable bonds is 7. The molecule has 3 N–H and O–H groups in total. The third kappa shape index (κ3) is 8.29. The van der Waals surface area contributed by atoms with Gasteiger partial charge >= 0.3 is 0 Å². The van der Waals surface area contributed by atoms with Crippen LogP contribution < -0.4 is 11.2 Å². The minimum absolute atomic E-state index is 0.156. The first-order chi connectivity index (χ1) is 8.47. The van der Waals surface area contributed by atoms with Crippen molar-refractivity contribution in [3.8, 4) is 0 Å². The van der Waals surface area contributed by atoms with Crippen LogP contribution in [-0.2, 0) is 14.4 Å². The fraction of sp³-hybridized carbons (Fsp3) is 0.385. The van der Waals surface area contributed by atoms with Gasteiger partial charge in [-0.3, -0.25) is 14.4 Å². The van der Waals surface area contributed by atoms with E-state index in [0.29, 0.717) is 18.6 Å². The molecule has 0 unspecified atom stereocenters. The molecule has 0 aliphatic rings. The molecule has 0 radical (unpaired) electrons. The van der Waals surface area contributed by atoms with Crippen LogP contribution in [0.5, 0.6) is 0 Å². The molecule has 0 fully saturated rings. The first-order valence-electron chi connectivity index (χ1n) is 5.69. The monoisotopic (exact) mass is 252 g/mol. The van der Waals surface area contributed by atoms with Gasteiger partial charge < -0.3 is 5.73 Å². The molecule has 0 aliphatic heterocycles. The van der Waals surface area contributed by atoms with Crippen molar-refractivity contribution in [2.24, 2.45) is 5.73 Å². The Morgan fingerprint density at radius 1 is 1.33 bits per heavy atom. The molecule has 0 heterocycles. The summed E-state index contributed by atoms with van der Waals surface area (Å²) in [4.78, 5) is 26.5. The molecule has 0 aliphatic carbocycles. The zero-order chi connectivity index (χ0) is 14.0. The van der Waals surface area contributed by atoms with E-state index in [0.717, 1.165) is 5.57 Å². The molecule has 0 saturated heterocycles. The largest absolute Gasteiger partial charge is 0.366 e. The van der Waals surface area contributed by atoms with Crippen molar-refractivity contribution in [2.75, 3.05) is 6.61 Å². The number of carbonyl (C=O) groups excluding carboxylic acids is 2. The molecule has 18 heavy (non-hydrogen) atoms. The van der Waals surface area contributed by atoms with Crippen LogP contribution in [0.2, 0.25) is 0 Å². The van der Waals surface area contributed by atoms with Crippen LogP contribution in [0.1, 0.15) is 27.2 Å². The Kier molecular flexibility index (Phi) is 8.22. The predicted octanol–water partition coefficient (Wildman–Crippen LogP) is 1.38. The van der Waals surface area contributed by atoms with E-state index in [-0.39, 0.29) is 5.91 Å². The molecule has 0 bridgehead atoms. The van der Waals surface area contributed by atoms with Crippen LogP contribution >= 0.6 is 0 Å². The zero-order valence-corrected chi connectivity index (χ0v) is 11.0. The molecule has 5 nitrogen and oxygen atoms in total. The number of carbonyl (C=O) groups is 2. The van der Waals surface area contributed by atoms with Crippen molar-refractivity contribution in [3.05, 3.63) is 35.5 Å². The lowest BCUT2D eigenvalue weighted by Crippen LogP contribution is -2.22. The Balaban J connectivity index is 4.05. The molecule has 2 amide bonds. The maximum absolute atomic E-state index is 10.8. The molecule has 5 heteroatoms. The van der Waals surface area contributed by atoms with Gasteiger partial charge in [-0.15, -0.1) is 0 Å². The van der Waals surface area contributed by atoms with Crippen LogP contribution in [-0.4, -0.2) is 18.4 Å². The van der Waals surface area contributed by atoms with E-state index in [1.165, 1.54) is 0 Å². The molecule has 0 aromatic rings. The lowest BCUT2D eigenvalue weighted by Gasteiger charge is -2.01. The molecule has 0 aromatic heterocycles. The summed E-state index contributed by atoms with van der Waals surface area (Å²) >= 11 is 0. The third-order valence-corrected chi connectivity index (χ3v) is 2.09. The number of nitrogens with one attached hydrogen (secondary N) is 1. The average Bonchev–Trinajstić information content (AvgIpc) is 2.33. The van der Waals surface area contributed by atoms with E-state index in [1.54, 1.807) is 32.1 Å². The van der Waals surface area contributed by atoms with Gasteiger partial charge in [0, 0.05) is 12.0 Å². The average molecular weight is 252 g/mol. The quantitative estimate of drug-likeness (QED) is 0.311. The van der Waals surface area contributed by atoms with E-state index in [2.05, 4.69) is 5.48 Å². The Morgan fingerprint density at radius 2 is 2.00 bits per heavy atom. The molecule has 0 aromatic carbocycles. The summed E-state index contributed by atoms with van der Waals surface area (Å²) in [5, 5.41) is 0. The number of allylic oxidation sites excluding steroid dienone is 4. The highest BCUT2D eigenvalue weighted by Gasteiger charge is 1.94. The maximum atomic E-state index is 10.8. The van der Waals surface area contributed by atoms with Crippen molar-refractivity contribution in [1.29, 1.82) is 0 Å². The SMILES string of the molecule is CCC(=O)NOC/C=C(C)/C=C\C=C(/C)C(N)=O. The first-order valence-corrected chi connectivity index (χ1v) is 5.69. The Morgan fingerprint density at radius 3 is 2.56 bits per heavy atom. The van der Waals surface area contributed by atoms with Crippen molar-refractivity contribution < 1.29 is 14.4 Å². The Hall–Kier alpha value is -1.88. The van der Waals surface area contributed by atoms with Gasteiger partial charge in [0.05, 0.1) is 6.61 Å². The maximum Gasteiger partial charge on any atom is 0.244 e. The molecule has 0 saturated carbocycles. The first kappa shape index (κ1) is 16.1. The van der Waals surface area contributed by atoms with Crippen LogP contribution in [0, 0.1) is 0 Å². The Bertz CT molecular complexity index is 382. The molecular formula is C13H20N2O3. The minimum atomic E-state index is -0.438. The van der Waals surface area contributed by atoms with Crippen LogP contribution in [0.25, 0.3) is 0 Å². The van der Waals surface area contributed by atoms with Gasteiger partial charge in [-0.1, -0.05) is 36.8 Å². The van der Waals surface area contributed by atoms with Gasteiger partial charge in [-0.05, 0) is 13.8 Å². The van der Waals surface area contributed by atoms with Gasteiger partial charge in [0.2, 0.25) is 11.8 Å². The van der Waals surface area contributed by atoms with Gasteiger partial charge in [0.1, 0.15) is 0 Å². The highest BCUT2D eigenvalue weighted by Crippen LogP contribution is 1.97. The van der Waals surface area contributed by atoms with Crippen molar-refractivity contribution in [1.82, 2.24) is 5.48 Å². The highest BCUT2D eigenvalue weighted by molar-refractivity contribution is 5.91. The normalized spacial score (nSPS) is 12.8. The fourth-order valence-electron chi connectivity index (χ4n) is 0.862. The molecule has 100 valence electrons. The van der Waals surface area contributed by atoms with Crippen LogP contribution in [0.4, 0.5) is 0 Å². The second-order valence-corrected chi connectivity index (χ2v) is 3.71. The van der Waals surface area contributed by atoms with E-state index < -0.39 is 5.91 Å². The van der Waals surface area contributed by atoms with Gasteiger partial charge in [-0.2, -0.15) is 0 Å². The summed E-state index contributed by atoms with van der Waals surface area (Å²) in [7, 11) is 0. The van der Waals surface area contributed by atoms with E-state index in [4.69, 9.17) is 10.6 Å². The minimum Gasteiger partial charge on any atom is -0.366 e. The summed E-state index contributed by atoms with van der Waals surface area (Å²) in [6.45, 7) is 5.57. The van der Waals surface area contributed by atoms with Gasteiger partial charge in [-0.25, -0.2) is 5.48 Å². The number of nitrogens with two attached hydrogens (primary N) is 1. The number of amides is 2. The molecule has 0 rings (SSSR count).